The monoisotopic (exact) mass is 130 g/mol. The first-order valence-electron chi connectivity index (χ1n) is 3.60. The zero-order valence-electron chi connectivity index (χ0n) is 6.09. The summed E-state index contributed by atoms with van der Waals surface area (Å²) in [6.45, 7) is 4.95. The lowest BCUT2D eigenvalue weighted by molar-refractivity contribution is -0.202. The number of hydrogen-bond acceptors (Lipinski definition) is 2. The number of ether oxygens (including phenoxy) is 2. The SMILES string of the molecule is CC[C@@H]1CCO[C@H](C)O1. The molecule has 1 saturated heterocycles. The van der Waals surface area contributed by atoms with Gasteiger partial charge in [0.15, 0.2) is 6.29 Å². The lowest BCUT2D eigenvalue weighted by Crippen LogP contribution is -2.29. The van der Waals surface area contributed by atoms with Crippen LogP contribution in [-0.4, -0.2) is 19.0 Å². The van der Waals surface area contributed by atoms with Crippen molar-refractivity contribution in [2.75, 3.05) is 6.61 Å². The second-order valence-corrected chi connectivity index (χ2v) is 2.39. The minimum atomic E-state index is 0.0173. The molecule has 0 saturated carbocycles. The van der Waals surface area contributed by atoms with Crippen LogP contribution in [0.2, 0.25) is 0 Å². The molecule has 0 aromatic rings. The average Bonchev–Trinajstić information content (AvgIpc) is 1.88. The Balaban J connectivity index is 2.23. The molecule has 1 heterocycles. The van der Waals surface area contributed by atoms with Crippen LogP contribution in [0, 0.1) is 0 Å². The standard InChI is InChI=1S/C7H14O2/c1-3-7-4-5-8-6(2)9-7/h6-7H,3-5H2,1-2H3/t6-,7+/m0/s1. The van der Waals surface area contributed by atoms with Gasteiger partial charge in [-0.15, -0.1) is 0 Å². The first-order valence-corrected chi connectivity index (χ1v) is 3.60. The Labute approximate surface area is 56.2 Å². The van der Waals surface area contributed by atoms with E-state index in [1.165, 1.54) is 0 Å². The molecule has 1 aliphatic heterocycles. The van der Waals surface area contributed by atoms with Crippen LogP contribution in [0.5, 0.6) is 0 Å². The van der Waals surface area contributed by atoms with Crippen LogP contribution in [0.15, 0.2) is 0 Å². The largest absolute Gasteiger partial charge is 0.353 e. The third kappa shape index (κ3) is 1.95. The molecule has 1 aliphatic rings. The van der Waals surface area contributed by atoms with Crippen molar-refractivity contribution in [3.63, 3.8) is 0 Å². The highest BCUT2D eigenvalue weighted by Crippen LogP contribution is 2.13. The summed E-state index contributed by atoms with van der Waals surface area (Å²) in [5.41, 5.74) is 0. The normalized spacial score (nSPS) is 36.7. The molecule has 2 heteroatoms. The Kier molecular flexibility index (Phi) is 2.49. The average molecular weight is 130 g/mol. The summed E-state index contributed by atoms with van der Waals surface area (Å²) < 4.78 is 10.6. The van der Waals surface area contributed by atoms with Gasteiger partial charge in [-0.2, -0.15) is 0 Å². The quantitative estimate of drug-likeness (QED) is 0.536. The molecule has 1 fully saturated rings. The second kappa shape index (κ2) is 3.18. The van der Waals surface area contributed by atoms with E-state index in [1.54, 1.807) is 0 Å². The van der Waals surface area contributed by atoms with E-state index in [0.29, 0.717) is 6.10 Å². The second-order valence-electron chi connectivity index (χ2n) is 2.39. The molecule has 0 bridgehead atoms. The molecular formula is C7H14O2. The molecule has 0 aliphatic carbocycles. The molecule has 9 heavy (non-hydrogen) atoms. The van der Waals surface area contributed by atoms with Gasteiger partial charge < -0.3 is 9.47 Å². The van der Waals surface area contributed by atoms with Crippen LogP contribution < -0.4 is 0 Å². The van der Waals surface area contributed by atoms with Crippen LogP contribution in [0.3, 0.4) is 0 Å². The Morgan fingerprint density at radius 3 is 2.78 bits per heavy atom. The maximum atomic E-state index is 5.41. The fourth-order valence-electron chi connectivity index (χ4n) is 1.04. The van der Waals surface area contributed by atoms with Crippen LogP contribution in [0.4, 0.5) is 0 Å². The molecule has 0 N–H and O–H groups in total. The van der Waals surface area contributed by atoms with E-state index in [2.05, 4.69) is 6.92 Å². The summed E-state index contributed by atoms with van der Waals surface area (Å²) in [5, 5.41) is 0. The van der Waals surface area contributed by atoms with Gasteiger partial charge >= 0.3 is 0 Å². The fraction of sp³-hybridized carbons (Fsp3) is 1.00. The summed E-state index contributed by atoms with van der Waals surface area (Å²) in [7, 11) is 0. The van der Waals surface area contributed by atoms with Crippen molar-refractivity contribution in [2.45, 2.75) is 39.1 Å². The first-order chi connectivity index (χ1) is 4.33. The molecule has 0 spiro atoms. The lowest BCUT2D eigenvalue weighted by Gasteiger charge is -2.26. The van der Waals surface area contributed by atoms with E-state index < -0.39 is 0 Å². The minimum absolute atomic E-state index is 0.0173. The van der Waals surface area contributed by atoms with Crippen LogP contribution in [0.25, 0.3) is 0 Å². The van der Waals surface area contributed by atoms with Gasteiger partial charge in [0.1, 0.15) is 0 Å². The van der Waals surface area contributed by atoms with Crippen molar-refractivity contribution in [1.82, 2.24) is 0 Å². The molecule has 2 atom stereocenters. The number of hydrogen-bond donors (Lipinski definition) is 0. The zero-order chi connectivity index (χ0) is 6.69. The van der Waals surface area contributed by atoms with Crippen molar-refractivity contribution in [3.05, 3.63) is 0 Å². The van der Waals surface area contributed by atoms with Crippen molar-refractivity contribution < 1.29 is 9.47 Å². The topological polar surface area (TPSA) is 18.5 Å². The molecule has 1 rings (SSSR count). The molecule has 0 unspecified atom stereocenters. The van der Waals surface area contributed by atoms with E-state index in [-0.39, 0.29) is 6.29 Å². The third-order valence-corrected chi connectivity index (χ3v) is 1.63. The summed E-state index contributed by atoms with van der Waals surface area (Å²) in [5.74, 6) is 0. The van der Waals surface area contributed by atoms with Crippen molar-refractivity contribution in [2.24, 2.45) is 0 Å². The Morgan fingerprint density at radius 1 is 1.56 bits per heavy atom. The van der Waals surface area contributed by atoms with E-state index >= 15 is 0 Å². The summed E-state index contributed by atoms with van der Waals surface area (Å²) in [6, 6.07) is 0. The van der Waals surface area contributed by atoms with Gasteiger partial charge in [-0.1, -0.05) is 6.92 Å². The van der Waals surface area contributed by atoms with Crippen molar-refractivity contribution >= 4 is 0 Å². The third-order valence-electron chi connectivity index (χ3n) is 1.63. The molecule has 0 radical (unpaired) electrons. The van der Waals surface area contributed by atoms with Gasteiger partial charge in [0, 0.05) is 0 Å². The highest BCUT2D eigenvalue weighted by atomic mass is 16.7. The highest BCUT2D eigenvalue weighted by molar-refractivity contribution is 4.59. The fourth-order valence-corrected chi connectivity index (χ4v) is 1.04. The van der Waals surface area contributed by atoms with Crippen LogP contribution in [-0.2, 0) is 9.47 Å². The molecule has 2 nitrogen and oxygen atoms in total. The molecular weight excluding hydrogens is 116 g/mol. The molecule has 0 aromatic carbocycles. The van der Waals surface area contributed by atoms with Crippen molar-refractivity contribution in [3.8, 4) is 0 Å². The number of rotatable bonds is 1. The summed E-state index contributed by atoms with van der Waals surface area (Å²) in [6.07, 6.45) is 2.62. The maximum Gasteiger partial charge on any atom is 0.155 e. The maximum absolute atomic E-state index is 5.41. The van der Waals surface area contributed by atoms with E-state index in [9.17, 15) is 0 Å². The van der Waals surface area contributed by atoms with Gasteiger partial charge in [-0.05, 0) is 19.8 Å². The lowest BCUT2D eigenvalue weighted by atomic mass is 10.2. The molecule has 54 valence electrons. The Bertz CT molecular complexity index is 83.0. The smallest absolute Gasteiger partial charge is 0.155 e. The van der Waals surface area contributed by atoms with Crippen LogP contribution >= 0.6 is 0 Å². The summed E-state index contributed by atoms with van der Waals surface area (Å²) in [4.78, 5) is 0. The van der Waals surface area contributed by atoms with Gasteiger partial charge in [0.25, 0.3) is 0 Å². The van der Waals surface area contributed by atoms with E-state index in [4.69, 9.17) is 9.47 Å². The molecule has 0 aromatic heterocycles. The predicted octanol–water partition coefficient (Wildman–Crippen LogP) is 1.55. The van der Waals surface area contributed by atoms with Gasteiger partial charge in [0.05, 0.1) is 12.7 Å². The van der Waals surface area contributed by atoms with Gasteiger partial charge in [-0.3, -0.25) is 0 Å². The Morgan fingerprint density at radius 2 is 2.33 bits per heavy atom. The molecule has 0 amide bonds. The minimum Gasteiger partial charge on any atom is -0.353 e. The van der Waals surface area contributed by atoms with E-state index in [1.807, 2.05) is 6.92 Å². The Hall–Kier alpha value is -0.0800. The summed E-state index contributed by atoms with van der Waals surface area (Å²) >= 11 is 0. The first kappa shape index (κ1) is 7.03. The van der Waals surface area contributed by atoms with Crippen molar-refractivity contribution in [1.29, 1.82) is 0 Å². The van der Waals surface area contributed by atoms with Gasteiger partial charge in [0.2, 0.25) is 0 Å². The zero-order valence-corrected chi connectivity index (χ0v) is 6.09. The van der Waals surface area contributed by atoms with Crippen LogP contribution in [0.1, 0.15) is 26.7 Å². The highest BCUT2D eigenvalue weighted by Gasteiger charge is 2.16. The van der Waals surface area contributed by atoms with E-state index in [0.717, 1.165) is 19.4 Å². The van der Waals surface area contributed by atoms with Gasteiger partial charge in [-0.25, -0.2) is 0 Å². The predicted molar refractivity (Wildman–Crippen MR) is 35.2 cm³/mol.